The van der Waals surface area contributed by atoms with Crippen LogP contribution in [-0.4, -0.2) is 25.8 Å². The van der Waals surface area contributed by atoms with Crippen LogP contribution < -0.4 is 5.73 Å². The molecule has 0 heterocycles. The van der Waals surface area contributed by atoms with Crippen molar-refractivity contribution in [1.29, 1.82) is 0 Å². The van der Waals surface area contributed by atoms with E-state index in [1.165, 1.54) is 17.4 Å². The summed E-state index contributed by atoms with van der Waals surface area (Å²) < 4.78 is 25.8. The molecule has 2 N–H and O–H groups in total. The fourth-order valence-corrected chi connectivity index (χ4v) is 3.26. The van der Waals surface area contributed by atoms with Crippen LogP contribution in [0.25, 0.3) is 0 Å². The van der Waals surface area contributed by atoms with E-state index in [-0.39, 0.29) is 16.0 Å². The maximum atomic E-state index is 12.2. The molecule has 1 rings (SSSR count). The summed E-state index contributed by atoms with van der Waals surface area (Å²) in [5.41, 5.74) is 6.91. The van der Waals surface area contributed by atoms with Crippen molar-refractivity contribution in [3.63, 3.8) is 0 Å². The highest BCUT2D eigenvalue weighted by molar-refractivity contribution is 7.89. The molecule has 0 aliphatic carbocycles. The Morgan fingerprint density at radius 1 is 1.35 bits per heavy atom. The Morgan fingerprint density at radius 3 is 2.35 bits per heavy atom. The molecule has 0 spiro atoms. The third-order valence-electron chi connectivity index (χ3n) is 2.70. The lowest BCUT2D eigenvalue weighted by atomic mass is 10.2. The molecule has 0 saturated heterocycles. The highest BCUT2D eigenvalue weighted by Crippen LogP contribution is 2.29. The molecule has 17 heavy (non-hydrogen) atoms. The number of hydrogen-bond acceptors (Lipinski definition) is 3. The van der Waals surface area contributed by atoms with Crippen molar-refractivity contribution in [1.82, 2.24) is 4.31 Å². The van der Waals surface area contributed by atoms with Crippen LogP contribution in [0.1, 0.15) is 19.4 Å². The summed E-state index contributed by atoms with van der Waals surface area (Å²) >= 11 is 5.97. The van der Waals surface area contributed by atoms with Crippen LogP contribution in [0, 0.1) is 6.92 Å². The minimum absolute atomic E-state index is 0.0541. The highest BCUT2D eigenvalue weighted by atomic mass is 35.5. The molecule has 0 aliphatic rings. The van der Waals surface area contributed by atoms with Crippen LogP contribution in [-0.2, 0) is 10.0 Å². The molecule has 0 aliphatic heterocycles. The average molecular weight is 277 g/mol. The SMILES string of the molecule is Cc1cc(Cl)c(S(=O)(=O)N(C)C(C)C)cc1N. The van der Waals surface area contributed by atoms with E-state index in [2.05, 4.69) is 0 Å². The molecule has 1 aromatic rings. The van der Waals surface area contributed by atoms with Gasteiger partial charge in [0.15, 0.2) is 0 Å². The number of benzene rings is 1. The summed E-state index contributed by atoms with van der Waals surface area (Å²) in [6, 6.07) is 2.84. The summed E-state index contributed by atoms with van der Waals surface area (Å²) in [4.78, 5) is 0.0541. The smallest absolute Gasteiger partial charge is 0.244 e. The molecule has 0 atom stereocenters. The molecular formula is C11H17ClN2O2S. The monoisotopic (exact) mass is 276 g/mol. The molecule has 0 radical (unpaired) electrons. The average Bonchev–Trinajstić information content (AvgIpc) is 2.21. The Labute approximate surface area is 107 Å². The first kappa shape index (κ1) is 14.3. The van der Waals surface area contributed by atoms with Gasteiger partial charge in [0.1, 0.15) is 4.90 Å². The number of nitrogens with zero attached hydrogens (tertiary/aromatic N) is 1. The van der Waals surface area contributed by atoms with Crippen LogP contribution in [0.2, 0.25) is 5.02 Å². The third kappa shape index (κ3) is 2.73. The van der Waals surface area contributed by atoms with Gasteiger partial charge in [0, 0.05) is 18.8 Å². The largest absolute Gasteiger partial charge is 0.398 e. The highest BCUT2D eigenvalue weighted by Gasteiger charge is 2.26. The standard InChI is InChI=1S/C11H17ClN2O2S/c1-7(2)14(4)17(15,16)11-6-10(13)8(3)5-9(11)12/h5-7H,13H2,1-4H3. The van der Waals surface area contributed by atoms with Gasteiger partial charge >= 0.3 is 0 Å². The molecule has 0 unspecified atom stereocenters. The van der Waals surface area contributed by atoms with Gasteiger partial charge in [-0.2, -0.15) is 4.31 Å². The fourth-order valence-electron chi connectivity index (χ4n) is 1.30. The third-order valence-corrected chi connectivity index (χ3v) is 5.20. The van der Waals surface area contributed by atoms with E-state index < -0.39 is 10.0 Å². The van der Waals surface area contributed by atoms with Gasteiger partial charge in [-0.15, -0.1) is 0 Å². The number of nitrogen functional groups attached to an aromatic ring is 1. The first-order chi connectivity index (χ1) is 7.67. The summed E-state index contributed by atoms with van der Waals surface area (Å²) in [6.07, 6.45) is 0. The van der Waals surface area contributed by atoms with Gasteiger partial charge in [-0.3, -0.25) is 0 Å². The summed E-state index contributed by atoms with van der Waals surface area (Å²) in [5.74, 6) is 0. The number of halogens is 1. The van der Waals surface area contributed by atoms with Gasteiger partial charge in [-0.1, -0.05) is 11.6 Å². The second kappa shape index (κ2) is 4.84. The van der Waals surface area contributed by atoms with Gasteiger partial charge in [-0.25, -0.2) is 8.42 Å². The van der Waals surface area contributed by atoms with E-state index >= 15 is 0 Å². The number of rotatable bonds is 3. The lowest BCUT2D eigenvalue weighted by molar-refractivity contribution is 0.410. The van der Waals surface area contributed by atoms with Crippen molar-refractivity contribution in [3.05, 3.63) is 22.7 Å². The van der Waals surface area contributed by atoms with Crippen LogP contribution in [0.3, 0.4) is 0 Å². The summed E-state index contributed by atoms with van der Waals surface area (Å²) in [7, 11) is -2.07. The number of nitrogens with two attached hydrogens (primary N) is 1. The molecule has 0 saturated carbocycles. The van der Waals surface area contributed by atoms with Crippen molar-refractivity contribution in [3.8, 4) is 0 Å². The van der Waals surface area contributed by atoms with Gasteiger partial charge in [0.05, 0.1) is 5.02 Å². The second-order valence-electron chi connectivity index (χ2n) is 4.25. The molecule has 1 aromatic carbocycles. The molecule has 0 aromatic heterocycles. The number of sulfonamides is 1. The number of hydrogen-bond donors (Lipinski definition) is 1. The molecule has 0 fully saturated rings. The molecule has 4 nitrogen and oxygen atoms in total. The predicted molar refractivity (Wildman–Crippen MR) is 70.7 cm³/mol. The maximum Gasteiger partial charge on any atom is 0.244 e. The maximum absolute atomic E-state index is 12.2. The summed E-state index contributed by atoms with van der Waals surface area (Å²) in [6.45, 7) is 5.37. The number of aryl methyl sites for hydroxylation is 1. The minimum Gasteiger partial charge on any atom is -0.398 e. The van der Waals surface area contributed by atoms with E-state index in [4.69, 9.17) is 17.3 Å². The second-order valence-corrected chi connectivity index (χ2v) is 6.63. The van der Waals surface area contributed by atoms with Crippen LogP contribution >= 0.6 is 11.6 Å². The van der Waals surface area contributed by atoms with E-state index in [0.717, 1.165) is 5.56 Å². The minimum atomic E-state index is -3.59. The molecular weight excluding hydrogens is 260 g/mol. The van der Waals surface area contributed by atoms with Crippen molar-refractivity contribution in [2.24, 2.45) is 0 Å². The molecule has 6 heteroatoms. The number of anilines is 1. The van der Waals surface area contributed by atoms with Crippen molar-refractivity contribution in [2.75, 3.05) is 12.8 Å². The zero-order valence-corrected chi connectivity index (χ0v) is 11.9. The van der Waals surface area contributed by atoms with E-state index in [1.54, 1.807) is 26.8 Å². The zero-order valence-electron chi connectivity index (χ0n) is 10.4. The lowest BCUT2D eigenvalue weighted by Gasteiger charge is -2.22. The van der Waals surface area contributed by atoms with E-state index in [0.29, 0.717) is 5.69 Å². The molecule has 0 bridgehead atoms. The summed E-state index contributed by atoms with van der Waals surface area (Å²) in [5, 5.41) is 0.198. The molecule has 0 amide bonds. The van der Waals surface area contributed by atoms with Gasteiger partial charge < -0.3 is 5.73 Å². The predicted octanol–water partition coefficient (Wildman–Crippen LogP) is 2.26. The Hall–Kier alpha value is -0.780. The topological polar surface area (TPSA) is 63.4 Å². The van der Waals surface area contributed by atoms with Crippen LogP contribution in [0.15, 0.2) is 17.0 Å². The van der Waals surface area contributed by atoms with Gasteiger partial charge in [0.2, 0.25) is 10.0 Å². The first-order valence-corrected chi connectivity index (χ1v) is 7.03. The zero-order chi connectivity index (χ0) is 13.4. The Bertz CT molecular complexity index is 527. The fraction of sp³-hybridized carbons (Fsp3) is 0.455. The quantitative estimate of drug-likeness (QED) is 0.862. The van der Waals surface area contributed by atoms with Gasteiger partial charge in [0.25, 0.3) is 0 Å². The Morgan fingerprint density at radius 2 is 1.88 bits per heavy atom. The first-order valence-electron chi connectivity index (χ1n) is 5.21. The normalized spacial score (nSPS) is 12.4. The lowest BCUT2D eigenvalue weighted by Crippen LogP contribution is -2.33. The van der Waals surface area contributed by atoms with Crippen molar-refractivity contribution in [2.45, 2.75) is 31.7 Å². The Kier molecular flexibility index (Phi) is 4.06. The van der Waals surface area contributed by atoms with Crippen LogP contribution in [0.5, 0.6) is 0 Å². The molecule has 96 valence electrons. The van der Waals surface area contributed by atoms with E-state index in [9.17, 15) is 8.42 Å². The van der Waals surface area contributed by atoms with E-state index in [1.807, 2.05) is 0 Å². The van der Waals surface area contributed by atoms with Crippen LogP contribution in [0.4, 0.5) is 5.69 Å². The van der Waals surface area contributed by atoms with Crippen molar-refractivity contribution < 1.29 is 8.42 Å². The van der Waals surface area contributed by atoms with Crippen molar-refractivity contribution >= 4 is 27.3 Å². The Balaban J connectivity index is 3.39. The van der Waals surface area contributed by atoms with Gasteiger partial charge in [-0.05, 0) is 38.5 Å².